The number of ether oxygens (including phenoxy) is 8. The van der Waals surface area contributed by atoms with Crippen LogP contribution in [0.2, 0.25) is 0 Å². The average molecular weight is 1910 g/mol. The minimum absolute atomic E-state index is 0.0326. The highest BCUT2D eigenvalue weighted by atomic mass is 19.3. The molecule has 734 valence electrons. The number of carbonyl (C=O) groups excluding carboxylic acids is 7. The molecule has 8 N–H and O–H groups in total. The van der Waals surface area contributed by atoms with Crippen LogP contribution >= 0.6 is 0 Å². The van der Waals surface area contributed by atoms with Gasteiger partial charge < -0.3 is 88.7 Å². The molecule has 7 amide bonds. The van der Waals surface area contributed by atoms with Gasteiger partial charge in [-0.05, 0) is 229 Å². The van der Waals surface area contributed by atoms with Crippen LogP contribution in [-0.2, 0) is 64.1 Å². The number of nitrogens with one attached hydrogen (secondary N) is 7. The normalized spacial score (nSPS) is 20.1. The number of likely N-dealkylation sites (tertiary alicyclic amines) is 4. The zero-order valence-corrected chi connectivity index (χ0v) is 79.2. The van der Waals surface area contributed by atoms with Gasteiger partial charge in [0.2, 0.25) is 11.8 Å². The molecule has 0 bridgehead atoms. The number of alkyl carbamates (subject to hydrolysis) is 3. The Morgan fingerprint density at radius 3 is 0.914 bits per heavy atom. The van der Waals surface area contributed by atoms with Crippen molar-refractivity contribution in [1.82, 2.24) is 75.4 Å². The summed E-state index contributed by atoms with van der Waals surface area (Å²) in [5.41, 5.74) is 8.98. The number of hydrogen-bond donors (Lipinski definition) is 8. The SMILES string of the molecule is CC(C)(C)OC(=O)N1CCC[C@H]1c1ncc(-c2ccc(-c3ccc4c(c3)C(F)(F)c3cc(-c5cnc([C@@H]6CCCN6C(=O)OC(C)(C)C)[nH]5)ccc3-4)cc2)[nH]1.COC(=O)N[C@H](C(=O)N1CCC[C@H]1c1ncc(-c2ccc(-c3ccc4c(c3)C(F)(F)c3cc(-c5cnc([C@@H]6CCCN6C(=O)[C@@H](NC(=O)OC)C6CCOCC6)[nH]5)ccc3-4)cc2)[nH]1)C1CCOCC1.COC(=O)N[C@H](C(=O)O)C1CCOCC1. The number of amides is 7. The summed E-state index contributed by atoms with van der Waals surface area (Å²) in [5.74, 6) is -5.64. The summed E-state index contributed by atoms with van der Waals surface area (Å²) in [7, 11) is 3.76. The lowest BCUT2D eigenvalue weighted by molar-refractivity contribution is -0.142. The summed E-state index contributed by atoms with van der Waals surface area (Å²) in [6, 6.07) is 32.4. The second-order valence-electron chi connectivity index (χ2n) is 38.6. The molecule has 19 rings (SSSR count). The van der Waals surface area contributed by atoms with Gasteiger partial charge in [-0.2, -0.15) is 17.6 Å². The molecular weight excluding hydrogens is 1800 g/mol. The number of rotatable bonds is 19. The van der Waals surface area contributed by atoms with Gasteiger partial charge in [0.15, 0.2) is 0 Å². The number of halogens is 4. The number of aromatic amines is 4. The fourth-order valence-corrected chi connectivity index (χ4v) is 20.5. The van der Waals surface area contributed by atoms with Crippen LogP contribution in [-0.4, -0.2) is 229 Å². The molecule has 11 heterocycles. The number of H-pyrrole nitrogens is 4. The predicted molar refractivity (Wildman–Crippen MR) is 504 cm³/mol. The van der Waals surface area contributed by atoms with Gasteiger partial charge >= 0.3 is 36.4 Å². The van der Waals surface area contributed by atoms with E-state index in [1.165, 1.54) is 27.4 Å². The van der Waals surface area contributed by atoms with E-state index in [1.54, 1.807) is 86.9 Å². The number of carboxylic acid groups (broad SMARTS) is 1. The first-order chi connectivity index (χ1) is 66.7. The molecule has 7 atom stereocenters. The van der Waals surface area contributed by atoms with Gasteiger partial charge in [-0.1, -0.05) is 97.1 Å². The van der Waals surface area contributed by atoms with Crippen LogP contribution in [0.3, 0.4) is 0 Å². The lowest BCUT2D eigenvalue weighted by atomic mass is 9.90. The summed E-state index contributed by atoms with van der Waals surface area (Å²) in [6.45, 7) is 16.4. The summed E-state index contributed by atoms with van der Waals surface area (Å²) in [5, 5.41) is 16.8. The second-order valence-corrected chi connectivity index (χ2v) is 38.6. The minimum atomic E-state index is -3.28. The molecule has 139 heavy (non-hydrogen) atoms. The van der Waals surface area contributed by atoms with Crippen LogP contribution in [0.4, 0.5) is 41.5 Å². The van der Waals surface area contributed by atoms with Crippen molar-refractivity contribution in [1.29, 1.82) is 0 Å². The van der Waals surface area contributed by atoms with Crippen LogP contribution in [0.15, 0.2) is 146 Å². The molecule has 0 saturated carbocycles. The van der Waals surface area contributed by atoms with E-state index >= 15 is 17.6 Å². The highest BCUT2D eigenvalue weighted by Gasteiger charge is 2.49. The Bertz CT molecular complexity index is 6170. The van der Waals surface area contributed by atoms with E-state index in [2.05, 4.69) is 55.6 Å². The molecule has 36 heteroatoms. The number of imidazole rings is 4. The monoisotopic (exact) mass is 1910 g/mol. The highest BCUT2D eigenvalue weighted by Crippen LogP contribution is 2.55. The van der Waals surface area contributed by atoms with E-state index in [9.17, 15) is 38.4 Å². The number of carboxylic acids is 1. The summed E-state index contributed by atoms with van der Waals surface area (Å²) in [6.07, 6.45) is 14.0. The fraction of sp³-hybridized carbons (Fsp3) is 0.456. The summed E-state index contributed by atoms with van der Waals surface area (Å²) >= 11 is 0. The number of alkyl halides is 4. The largest absolute Gasteiger partial charge is 0.480 e. The zero-order valence-electron chi connectivity index (χ0n) is 79.2. The predicted octanol–water partition coefficient (Wildman–Crippen LogP) is 18.5. The van der Waals surface area contributed by atoms with Gasteiger partial charge in [0.05, 0.1) is 93.1 Å². The van der Waals surface area contributed by atoms with Gasteiger partial charge in [0.25, 0.3) is 11.8 Å². The highest BCUT2D eigenvalue weighted by molar-refractivity contribution is 5.90. The smallest absolute Gasteiger partial charge is 0.410 e. The summed E-state index contributed by atoms with van der Waals surface area (Å²) < 4.78 is 107. The third-order valence-corrected chi connectivity index (χ3v) is 27.6. The first kappa shape index (κ1) is 97.2. The molecule has 7 aliphatic heterocycles. The molecule has 32 nitrogen and oxygen atoms in total. The van der Waals surface area contributed by atoms with E-state index in [0.717, 1.165) is 78.6 Å². The molecule has 7 saturated heterocycles. The number of aromatic nitrogens is 8. The number of aliphatic carboxylic acids is 1. The maximum Gasteiger partial charge on any atom is 0.410 e. The molecule has 2 aliphatic carbocycles. The Balaban J connectivity index is 0.000000170. The summed E-state index contributed by atoms with van der Waals surface area (Å²) in [4.78, 5) is 139. The minimum Gasteiger partial charge on any atom is -0.480 e. The Hall–Kier alpha value is -13.5. The molecular formula is C103H117F4N15O17. The molecule has 10 aromatic rings. The number of methoxy groups -OCH3 is 3. The van der Waals surface area contributed by atoms with Crippen molar-refractivity contribution in [3.8, 4) is 89.5 Å². The Morgan fingerprint density at radius 1 is 0.367 bits per heavy atom. The first-order valence-corrected chi connectivity index (χ1v) is 47.6. The van der Waals surface area contributed by atoms with Crippen LogP contribution in [0.5, 0.6) is 0 Å². The van der Waals surface area contributed by atoms with Crippen molar-refractivity contribution in [3.05, 3.63) is 192 Å². The van der Waals surface area contributed by atoms with Gasteiger partial charge in [-0.25, -0.2) is 48.7 Å². The van der Waals surface area contributed by atoms with Crippen LogP contribution < -0.4 is 16.0 Å². The zero-order chi connectivity index (χ0) is 97.9. The average Bonchev–Trinajstić information content (AvgIpc) is 1.57. The van der Waals surface area contributed by atoms with Crippen LogP contribution in [0, 0.1) is 17.8 Å². The van der Waals surface area contributed by atoms with Gasteiger partial charge in [-0.15, -0.1) is 0 Å². The maximum atomic E-state index is 16.6. The van der Waals surface area contributed by atoms with Gasteiger partial charge in [0.1, 0.15) is 52.6 Å². The van der Waals surface area contributed by atoms with Crippen molar-refractivity contribution < 1.29 is 98.9 Å². The molecule has 7 fully saturated rings. The van der Waals surface area contributed by atoms with Gasteiger partial charge in [0, 0.05) is 99.2 Å². The van der Waals surface area contributed by atoms with E-state index in [0.29, 0.717) is 190 Å². The third-order valence-electron chi connectivity index (χ3n) is 27.6. The topological polar surface area (TPSA) is 394 Å². The Morgan fingerprint density at radius 2 is 0.619 bits per heavy atom. The molecule has 0 radical (unpaired) electrons. The van der Waals surface area contributed by atoms with Crippen LogP contribution in [0.25, 0.3) is 89.5 Å². The lowest BCUT2D eigenvalue weighted by Gasteiger charge is -2.34. The number of benzene rings is 6. The van der Waals surface area contributed by atoms with Crippen molar-refractivity contribution in [3.63, 3.8) is 0 Å². The Kier molecular flexibility index (Phi) is 28.6. The molecule has 0 unspecified atom stereocenters. The standard InChI is InChI=1S/C51H56F2N8O8.C43H46F2N6O4.C9H15NO5/c1-66-49(64)58-43(31-15-21-68-22-16-31)47(62)60-19-3-5-41(60)45-54-27-39(56-45)30-9-7-29(8-10-30)33-11-13-35-36-14-12-34(26-38(36)51(52,53)37(35)25-33)40-28-55-46(57-40)42-6-4-20-61(42)48(63)44(59-50(65)67-2)32-17-23-69-24-18-32;1-41(2,3)54-39(52)50-19-7-9-35(50)37-46-23-33(48-37)26-13-11-25(12-14-26)27-15-17-29-30-18-16-28(22-32(30)43(44,45)31(29)21-27)34-24-47-38(49-34)36-10-8-20-51(36)40(53)55-42(4,5)6;1-14-9(13)10-7(8(11)12)6-2-4-15-5-3-6/h7-14,25-28,31-32,41-44H,3-6,15-24H2,1-2H3,(H,54,56)(H,55,57)(H,58,64)(H,59,65);11-18,21-24,35-36H,7-10,19-20H2,1-6H3,(H,46,48)(H,47,49);6-7H,2-5H2,1H3,(H,10,13)(H,11,12)/t41-,42-,43-,44-;35-,36-;7-/m000/s1. The van der Waals surface area contributed by atoms with Crippen molar-refractivity contribution in [2.75, 3.05) is 87.1 Å². The molecule has 6 aromatic carbocycles. The van der Waals surface area contributed by atoms with Crippen molar-refractivity contribution in [2.24, 2.45) is 17.8 Å². The molecule has 4 aromatic heterocycles. The van der Waals surface area contributed by atoms with E-state index in [4.69, 9.17) is 43.2 Å². The van der Waals surface area contributed by atoms with E-state index in [-0.39, 0.29) is 82.1 Å². The van der Waals surface area contributed by atoms with Crippen LogP contribution in [0.1, 0.15) is 201 Å². The number of carbonyl (C=O) groups is 8. The maximum absolute atomic E-state index is 16.6. The number of nitrogens with zero attached hydrogens (tertiary/aromatic N) is 8. The lowest BCUT2D eigenvalue weighted by Crippen LogP contribution is -2.53. The molecule has 9 aliphatic rings. The van der Waals surface area contributed by atoms with Crippen molar-refractivity contribution >= 4 is 48.2 Å². The Labute approximate surface area is 801 Å². The first-order valence-electron chi connectivity index (χ1n) is 47.6. The van der Waals surface area contributed by atoms with Gasteiger partial charge in [-0.3, -0.25) is 19.4 Å². The van der Waals surface area contributed by atoms with E-state index in [1.807, 2.05) is 114 Å². The second kappa shape index (κ2) is 40.9. The quantitative estimate of drug-likeness (QED) is 0.0275. The van der Waals surface area contributed by atoms with E-state index < -0.39 is 71.5 Å². The van der Waals surface area contributed by atoms with Crippen molar-refractivity contribution in [2.45, 2.75) is 197 Å². The number of hydrogen-bond acceptors (Lipinski definition) is 20. The fourth-order valence-electron chi connectivity index (χ4n) is 20.5. The molecule has 0 spiro atoms. The number of fused-ring (bicyclic) bond motifs is 6. The third kappa shape index (κ3) is 21.0.